The topological polar surface area (TPSA) is 42.4 Å². The molecule has 0 spiro atoms. The van der Waals surface area contributed by atoms with E-state index < -0.39 is 0 Å². The number of nitrogens with zero attached hydrogens (tertiary/aromatic N) is 2. The second-order valence-electron chi connectivity index (χ2n) is 6.48. The van der Waals surface area contributed by atoms with E-state index in [9.17, 15) is 4.79 Å². The molecule has 2 aromatic carbocycles. The molecule has 6 heteroatoms. The van der Waals surface area contributed by atoms with E-state index >= 15 is 0 Å². The molecule has 1 fully saturated rings. The second kappa shape index (κ2) is 8.11. The number of hydrogen-bond donors (Lipinski definition) is 0. The van der Waals surface area contributed by atoms with Crippen LogP contribution in [0.5, 0.6) is 5.75 Å². The van der Waals surface area contributed by atoms with Crippen LogP contribution in [0.25, 0.3) is 10.6 Å². The van der Waals surface area contributed by atoms with Crippen LogP contribution in [0.1, 0.15) is 28.9 Å². The zero-order chi connectivity index (χ0) is 18.6. The maximum atomic E-state index is 12.5. The van der Waals surface area contributed by atoms with Crippen molar-refractivity contribution in [3.05, 3.63) is 70.2 Å². The Morgan fingerprint density at radius 1 is 1.15 bits per heavy atom. The van der Waals surface area contributed by atoms with Crippen molar-refractivity contribution in [3.63, 3.8) is 0 Å². The number of hydrogen-bond acceptors (Lipinski definition) is 4. The zero-order valence-electron chi connectivity index (χ0n) is 14.7. The van der Waals surface area contributed by atoms with Crippen molar-refractivity contribution in [2.45, 2.75) is 19.4 Å². The number of benzene rings is 2. The number of carbonyl (C=O) groups excluding carboxylic acids is 1. The predicted molar refractivity (Wildman–Crippen MR) is 108 cm³/mol. The van der Waals surface area contributed by atoms with Gasteiger partial charge in [0, 0.05) is 29.1 Å². The predicted octanol–water partition coefficient (Wildman–Crippen LogP) is 5.28. The number of rotatable bonds is 5. The molecule has 0 N–H and O–H groups in total. The van der Waals surface area contributed by atoms with Crippen LogP contribution >= 0.6 is 22.9 Å². The van der Waals surface area contributed by atoms with Crippen LogP contribution in [0.2, 0.25) is 5.02 Å². The van der Waals surface area contributed by atoms with Crippen LogP contribution in [-0.2, 0) is 6.61 Å². The number of carbonyl (C=O) groups is 1. The van der Waals surface area contributed by atoms with Gasteiger partial charge in [0.2, 0.25) is 0 Å². The van der Waals surface area contributed by atoms with E-state index in [1.165, 1.54) is 11.3 Å². The van der Waals surface area contributed by atoms with Crippen LogP contribution in [0.15, 0.2) is 53.9 Å². The molecule has 0 radical (unpaired) electrons. The number of halogens is 1. The van der Waals surface area contributed by atoms with Crippen LogP contribution in [-0.4, -0.2) is 28.9 Å². The Morgan fingerprint density at radius 3 is 2.70 bits per heavy atom. The van der Waals surface area contributed by atoms with Gasteiger partial charge in [-0.15, -0.1) is 11.3 Å². The molecule has 1 aliphatic heterocycles. The summed E-state index contributed by atoms with van der Waals surface area (Å²) in [5, 5.41) is 3.38. The highest BCUT2D eigenvalue weighted by Gasteiger charge is 2.22. The molecule has 0 atom stereocenters. The summed E-state index contributed by atoms with van der Waals surface area (Å²) >= 11 is 7.40. The molecule has 138 valence electrons. The molecule has 4 rings (SSSR count). The normalized spacial score (nSPS) is 13.7. The number of aromatic nitrogens is 1. The molecule has 1 amide bonds. The third kappa shape index (κ3) is 4.31. The average Bonchev–Trinajstić information content (AvgIpc) is 3.39. The highest BCUT2D eigenvalue weighted by molar-refractivity contribution is 7.13. The average molecular weight is 399 g/mol. The SMILES string of the molecule is O=C(c1csc(-c2cccc(OCc3ccc(Cl)cc3)c2)n1)N1CCCC1. The van der Waals surface area contributed by atoms with Gasteiger partial charge in [0.05, 0.1) is 0 Å². The number of ether oxygens (including phenoxy) is 1. The van der Waals surface area contributed by atoms with E-state index in [1.54, 1.807) is 0 Å². The second-order valence-corrected chi connectivity index (χ2v) is 7.77. The van der Waals surface area contributed by atoms with Gasteiger partial charge in [0.15, 0.2) is 0 Å². The minimum atomic E-state index is 0.0325. The van der Waals surface area contributed by atoms with E-state index in [-0.39, 0.29) is 5.91 Å². The van der Waals surface area contributed by atoms with E-state index in [4.69, 9.17) is 16.3 Å². The Kier molecular flexibility index (Phi) is 5.41. The Morgan fingerprint density at radius 2 is 1.93 bits per heavy atom. The molecule has 0 bridgehead atoms. The summed E-state index contributed by atoms with van der Waals surface area (Å²) in [5.74, 6) is 0.801. The molecule has 1 aliphatic rings. The smallest absolute Gasteiger partial charge is 0.273 e. The van der Waals surface area contributed by atoms with Crippen molar-refractivity contribution in [2.24, 2.45) is 0 Å². The summed E-state index contributed by atoms with van der Waals surface area (Å²) in [5.41, 5.74) is 2.54. The third-order valence-electron chi connectivity index (χ3n) is 4.52. The highest BCUT2D eigenvalue weighted by atomic mass is 35.5. The van der Waals surface area contributed by atoms with Crippen LogP contribution in [0.4, 0.5) is 0 Å². The van der Waals surface area contributed by atoms with Crippen molar-refractivity contribution in [1.82, 2.24) is 9.88 Å². The summed E-state index contributed by atoms with van der Waals surface area (Å²) in [6, 6.07) is 15.4. The fourth-order valence-corrected chi connectivity index (χ4v) is 3.97. The van der Waals surface area contributed by atoms with Gasteiger partial charge in [0.1, 0.15) is 23.1 Å². The van der Waals surface area contributed by atoms with E-state index in [0.29, 0.717) is 17.3 Å². The lowest BCUT2D eigenvalue weighted by Gasteiger charge is -2.12. The largest absolute Gasteiger partial charge is 0.489 e. The van der Waals surface area contributed by atoms with Gasteiger partial charge < -0.3 is 9.64 Å². The standard InChI is InChI=1S/C21H19ClN2O2S/c22-17-8-6-15(7-9-17)13-26-18-5-3-4-16(12-18)20-23-19(14-27-20)21(25)24-10-1-2-11-24/h3-9,12,14H,1-2,10-11,13H2. The number of thiazole rings is 1. The first kappa shape index (κ1) is 18.0. The molecule has 27 heavy (non-hydrogen) atoms. The first-order valence-electron chi connectivity index (χ1n) is 8.91. The maximum absolute atomic E-state index is 12.5. The highest BCUT2D eigenvalue weighted by Crippen LogP contribution is 2.28. The van der Waals surface area contributed by atoms with Crippen molar-refractivity contribution in [3.8, 4) is 16.3 Å². The van der Waals surface area contributed by atoms with Crippen molar-refractivity contribution in [2.75, 3.05) is 13.1 Å². The van der Waals surface area contributed by atoms with Gasteiger partial charge in [0.25, 0.3) is 5.91 Å². The molecule has 1 aromatic heterocycles. The molecule has 3 aromatic rings. The minimum absolute atomic E-state index is 0.0325. The number of amides is 1. The maximum Gasteiger partial charge on any atom is 0.273 e. The van der Waals surface area contributed by atoms with Gasteiger partial charge in [-0.3, -0.25) is 4.79 Å². The van der Waals surface area contributed by atoms with Crippen LogP contribution in [0.3, 0.4) is 0 Å². The molecule has 1 saturated heterocycles. The lowest BCUT2D eigenvalue weighted by Crippen LogP contribution is -2.27. The first-order valence-corrected chi connectivity index (χ1v) is 10.2. The zero-order valence-corrected chi connectivity index (χ0v) is 16.3. The molecule has 2 heterocycles. The first-order chi connectivity index (χ1) is 13.2. The van der Waals surface area contributed by atoms with Gasteiger partial charge >= 0.3 is 0 Å². The summed E-state index contributed by atoms with van der Waals surface area (Å²) in [6.45, 7) is 2.14. The van der Waals surface area contributed by atoms with Crippen molar-refractivity contribution in [1.29, 1.82) is 0 Å². The summed E-state index contributed by atoms with van der Waals surface area (Å²) in [7, 11) is 0. The summed E-state index contributed by atoms with van der Waals surface area (Å²) < 4.78 is 5.89. The molecule has 0 unspecified atom stereocenters. The summed E-state index contributed by atoms with van der Waals surface area (Å²) in [4.78, 5) is 18.9. The Hall–Kier alpha value is -2.37. The summed E-state index contributed by atoms with van der Waals surface area (Å²) in [6.07, 6.45) is 2.16. The fraction of sp³-hybridized carbons (Fsp3) is 0.238. The van der Waals surface area contributed by atoms with E-state index in [0.717, 1.165) is 47.8 Å². The third-order valence-corrected chi connectivity index (χ3v) is 5.66. The Bertz CT molecular complexity index is 933. The quantitative estimate of drug-likeness (QED) is 0.587. The van der Waals surface area contributed by atoms with Gasteiger partial charge in [-0.25, -0.2) is 4.98 Å². The number of likely N-dealkylation sites (tertiary alicyclic amines) is 1. The van der Waals surface area contributed by atoms with Crippen molar-refractivity contribution >= 4 is 28.8 Å². The molecule has 0 aliphatic carbocycles. The monoisotopic (exact) mass is 398 g/mol. The lowest BCUT2D eigenvalue weighted by molar-refractivity contribution is 0.0788. The van der Waals surface area contributed by atoms with E-state index in [2.05, 4.69) is 4.98 Å². The molecule has 4 nitrogen and oxygen atoms in total. The molecular weight excluding hydrogens is 380 g/mol. The minimum Gasteiger partial charge on any atom is -0.489 e. The van der Waals surface area contributed by atoms with Crippen molar-refractivity contribution < 1.29 is 9.53 Å². The van der Waals surface area contributed by atoms with Gasteiger partial charge in [-0.2, -0.15) is 0 Å². The van der Waals surface area contributed by atoms with Crippen LogP contribution < -0.4 is 4.74 Å². The lowest BCUT2D eigenvalue weighted by atomic mass is 10.2. The Labute approximate surface area is 167 Å². The van der Waals surface area contributed by atoms with E-state index in [1.807, 2.05) is 58.8 Å². The molecule has 0 saturated carbocycles. The Balaban J connectivity index is 1.45. The fourth-order valence-electron chi connectivity index (χ4n) is 3.05. The van der Waals surface area contributed by atoms with Gasteiger partial charge in [-0.05, 0) is 42.7 Å². The molecular formula is C21H19ClN2O2S. The van der Waals surface area contributed by atoms with Crippen LogP contribution in [0, 0.1) is 0 Å². The van der Waals surface area contributed by atoms with Gasteiger partial charge in [-0.1, -0.05) is 35.9 Å².